The van der Waals surface area contributed by atoms with Gasteiger partial charge >= 0.3 is 0 Å². The van der Waals surface area contributed by atoms with E-state index in [2.05, 4.69) is 10.3 Å². The number of H-pyrrole nitrogens is 1. The van der Waals surface area contributed by atoms with Gasteiger partial charge in [-0.25, -0.2) is 0 Å². The van der Waals surface area contributed by atoms with Gasteiger partial charge in [-0.3, -0.25) is 9.59 Å². The van der Waals surface area contributed by atoms with Crippen molar-refractivity contribution in [2.75, 3.05) is 5.32 Å². The van der Waals surface area contributed by atoms with Crippen molar-refractivity contribution in [1.82, 2.24) is 4.98 Å². The number of carbonyl (C=O) groups excluding carboxylic acids is 1. The van der Waals surface area contributed by atoms with Crippen LogP contribution in [0.3, 0.4) is 0 Å². The third-order valence-corrected chi connectivity index (χ3v) is 6.71. The highest BCUT2D eigenvalue weighted by Gasteiger charge is 2.22. The smallest absolute Gasteiger partial charge is 0.270 e. The van der Waals surface area contributed by atoms with Gasteiger partial charge in [0, 0.05) is 27.9 Å². The Bertz CT molecular complexity index is 1360. The van der Waals surface area contributed by atoms with Gasteiger partial charge in [0.2, 0.25) is 5.91 Å². The van der Waals surface area contributed by atoms with Gasteiger partial charge in [-0.1, -0.05) is 23.7 Å². The van der Waals surface area contributed by atoms with Crippen LogP contribution in [-0.4, -0.2) is 16.0 Å². The number of aromatic hydroxyl groups is 1. The summed E-state index contributed by atoms with van der Waals surface area (Å²) in [5, 5.41) is 22.8. The average Bonchev–Trinajstić information content (AvgIpc) is 3.26. The molecule has 0 radical (unpaired) electrons. The number of pyridine rings is 1. The molecule has 1 amide bonds. The number of hydrogen-bond acceptors (Lipinski definition) is 6. The molecule has 0 atom stereocenters. The van der Waals surface area contributed by atoms with Crippen LogP contribution in [0.15, 0.2) is 41.2 Å². The summed E-state index contributed by atoms with van der Waals surface area (Å²) in [6.45, 7) is 1.45. The van der Waals surface area contributed by atoms with Crippen LogP contribution < -0.4 is 10.9 Å². The zero-order chi connectivity index (χ0) is 20.7. The lowest BCUT2D eigenvalue weighted by Crippen LogP contribution is -2.09. The minimum absolute atomic E-state index is 0.135. The molecule has 4 rings (SSSR count). The molecule has 0 bridgehead atoms. The first kappa shape index (κ1) is 19.2. The molecule has 1 aromatic carbocycles. The van der Waals surface area contributed by atoms with Crippen LogP contribution in [0.2, 0.25) is 4.34 Å². The molecule has 3 heterocycles. The number of benzene rings is 1. The van der Waals surface area contributed by atoms with Crippen LogP contribution in [0.5, 0.6) is 5.75 Å². The van der Waals surface area contributed by atoms with Crippen LogP contribution in [0.4, 0.5) is 5.69 Å². The van der Waals surface area contributed by atoms with E-state index < -0.39 is 5.56 Å². The molecule has 9 heteroatoms. The molecule has 4 aromatic rings. The number of aromatic amines is 1. The molecule has 0 aliphatic heterocycles. The van der Waals surface area contributed by atoms with E-state index >= 15 is 0 Å². The van der Waals surface area contributed by atoms with Gasteiger partial charge in [0.1, 0.15) is 21.0 Å². The van der Waals surface area contributed by atoms with E-state index in [4.69, 9.17) is 11.6 Å². The van der Waals surface area contributed by atoms with Crippen molar-refractivity contribution in [1.29, 1.82) is 5.26 Å². The first-order valence-corrected chi connectivity index (χ1v) is 10.4. The number of nitriles is 1. The summed E-state index contributed by atoms with van der Waals surface area (Å²) in [4.78, 5) is 27.9. The van der Waals surface area contributed by atoms with Crippen molar-refractivity contribution in [2.24, 2.45) is 0 Å². The molecule has 6 nitrogen and oxygen atoms in total. The van der Waals surface area contributed by atoms with E-state index in [0.717, 1.165) is 26.7 Å². The molecule has 144 valence electrons. The number of carbonyl (C=O) groups is 1. The monoisotopic (exact) mass is 441 g/mol. The number of rotatable bonds is 3. The van der Waals surface area contributed by atoms with Crippen molar-refractivity contribution in [2.45, 2.75) is 6.92 Å². The third-order valence-electron chi connectivity index (χ3n) is 4.25. The first-order chi connectivity index (χ1) is 13.9. The van der Waals surface area contributed by atoms with Gasteiger partial charge in [-0.05, 0) is 29.8 Å². The highest BCUT2D eigenvalue weighted by atomic mass is 35.5. The Kier molecular flexibility index (Phi) is 4.88. The molecular weight excluding hydrogens is 430 g/mol. The Morgan fingerprint density at radius 1 is 1.17 bits per heavy atom. The lowest BCUT2D eigenvalue weighted by Gasteiger charge is -2.03. The Labute approximate surface area is 177 Å². The second kappa shape index (κ2) is 7.37. The van der Waals surface area contributed by atoms with E-state index in [1.54, 1.807) is 6.07 Å². The Hall–Kier alpha value is -3.12. The average molecular weight is 442 g/mol. The van der Waals surface area contributed by atoms with Crippen LogP contribution in [-0.2, 0) is 4.79 Å². The van der Waals surface area contributed by atoms with E-state index in [9.17, 15) is 20.0 Å². The fourth-order valence-electron chi connectivity index (χ4n) is 2.99. The largest absolute Gasteiger partial charge is 0.506 e. The molecule has 3 aromatic heterocycles. The maximum Gasteiger partial charge on any atom is 0.270 e. The molecule has 0 aliphatic carbocycles. The van der Waals surface area contributed by atoms with Crippen molar-refractivity contribution >= 4 is 56.1 Å². The van der Waals surface area contributed by atoms with E-state index in [1.165, 1.54) is 18.3 Å². The molecule has 29 heavy (non-hydrogen) atoms. The van der Waals surface area contributed by atoms with Gasteiger partial charge in [-0.15, -0.1) is 22.7 Å². The zero-order valence-electron chi connectivity index (χ0n) is 14.9. The molecule has 3 N–H and O–H groups in total. The van der Waals surface area contributed by atoms with Gasteiger partial charge in [0.25, 0.3) is 5.56 Å². The van der Waals surface area contributed by atoms with Crippen LogP contribution in [0, 0.1) is 11.3 Å². The summed E-state index contributed by atoms with van der Waals surface area (Å²) in [5.74, 6) is -0.497. The van der Waals surface area contributed by atoms with E-state index in [1.807, 2.05) is 36.4 Å². The molecule has 0 spiro atoms. The second-order valence-electron chi connectivity index (χ2n) is 6.17. The zero-order valence-corrected chi connectivity index (χ0v) is 17.3. The number of thiophene rings is 2. The lowest BCUT2D eigenvalue weighted by atomic mass is 10.1. The number of hydrogen-bond donors (Lipinski definition) is 3. The quantitative estimate of drug-likeness (QED) is 0.407. The maximum atomic E-state index is 11.9. The summed E-state index contributed by atoms with van der Waals surface area (Å²) >= 11 is 9.02. The lowest BCUT2D eigenvalue weighted by molar-refractivity contribution is -0.114. The normalized spacial score (nSPS) is 10.8. The second-order valence-corrected chi connectivity index (χ2v) is 8.87. The molecule has 0 saturated heterocycles. The highest BCUT2D eigenvalue weighted by molar-refractivity contribution is 7.24. The third kappa shape index (κ3) is 3.40. The Balaban J connectivity index is 1.80. The number of aromatic nitrogens is 1. The number of fused-ring (bicyclic) bond motifs is 1. The van der Waals surface area contributed by atoms with E-state index in [0.29, 0.717) is 25.8 Å². The minimum Gasteiger partial charge on any atom is -0.506 e. The van der Waals surface area contributed by atoms with Crippen molar-refractivity contribution in [3.05, 3.63) is 56.7 Å². The predicted molar refractivity (Wildman–Crippen MR) is 117 cm³/mol. The fraction of sp³-hybridized carbons (Fsp3) is 0.0500. The SMILES string of the molecule is CC(=O)Nc1ccc(-c2ccc(-c3c(Cl)sc4[nH]c(=O)c(C#N)c(O)c34)s2)cc1. The molecular formula is C20H12ClN3O3S2. The van der Waals surface area contributed by atoms with Gasteiger partial charge in [0.05, 0.1) is 5.39 Å². The number of nitrogens with one attached hydrogen (secondary N) is 2. The number of anilines is 1. The summed E-state index contributed by atoms with van der Waals surface area (Å²) < 4.78 is 0.412. The number of nitrogens with zero attached hydrogens (tertiary/aromatic N) is 1. The van der Waals surface area contributed by atoms with Gasteiger partial charge in [-0.2, -0.15) is 5.26 Å². The van der Waals surface area contributed by atoms with Crippen molar-refractivity contribution in [3.63, 3.8) is 0 Å². The topological polar surface area (TPSA) is 106 Å². The van der Waals surface area contributed by atoms with Crippen molar-refractivity contribution in [3.8, 4) is 32.7 Å². The highest BCUT2D eigenvalue weighted by Crippen LogP contribution is 2.48. The van der Waals surface area contributed by atoms with Crippen molar-refractivity contribution < 1.29 is 9.90 Å². The summed E-state index contributed by atoms with van der Waals surface area (Å²) in [7, 11) is 0. The fourth-order valence-corrected chi connectivity index (χ4v) is 5.54. The first-order valence-electron chi connectivity index (χ1n) is 8.34. The van der Waals surface area contributed by atoms with Crippen LogP contribution >= 0.6 is 34.3 Å². The minimum atomic E-state index is -0.645. The molecule has 0 saturated carbocycles. The van der Waals surface area contributed by atoms with Crippen LogP contribution in [0.25, 0.3) is 31.1 Å². The van der Waals surface area contributed by atoms with E-state index in [-0.39, 0.29) is 17.2 Å². The molecule has 0 unspecified atom stereocenters. The molecule has 0 fully saturated rings. The predicted octanol–water partition coefficient (Wildman–Crippen LogP) is 5.17. The number of amides is 1. The Morgan fingerprint density at radius 3 is 2.52 bits per heavy atom. The summed E-state index contributed by atoms with van der Waals surface area (Å²) in [5.41, 5.74) is 1.28. The summed E-state index contributed by atoms with van der Waals surface area (Å²) in [6.07, 6.45) is 0. The van der Waals surface area contributed by atoms with Gasteiger partial charge in [0.15, 0.2) is 5.56 Å². The molecule has 0 aliphatic rings. The number of halogens is 1. The standard InChI is InChI=1S/C20H12ClN3O3S2/c1-9(25)23-11-4-2-10(3-5-11)13-6-7-14(28-13)15-16-17(26)12(8-22)19(27)24-20(16)29-18(15)21/h2-7H,1H3,(H,23,25)(H2,24,26,27). The Morgan fingerprint density at radius 2 is 1.86 bits per heavy atom. The van der Waals surface area contributed by atoms with Gasteiger partial charge < -0.3 is 15.4 Å². The maximum absolute atomic E-state index is 11.9. The van der Waals surface area contributed by atoms with Crippen LogP contribution in [0.1, 0.15) is 12.5 Å². The summed E-state index contributed by atoms with van der Waals surface area (Å²) in [6, 6.07) is 13.0.